The summed E-state index contributed by atoms with van der Waals surface area (Å²) >= 11 is 11.6. The maximum atomic E-state index is 10.9. The van der Waals surface area contributed by atoms with Crippen LogP contribution in [0.15, 0.2) is 30.3 Å². The predicted octanol–water partition coefficient (Wildman–Crippen LogP) is 3.14. The molecule has 0 unspecified atom stereocenters. The maximum Gasteiger partial charge on any atom is 0.335 e. The summed E-state index contributed by atoms with van der Waals surface area (Å²) in [5.74, 6) is -0.937. The highest BCUT2D eigenvalue weighted by atomic mass is 35.5. The molecule has 0 fully saturated rings. The number of anilines is 1. The zero-order valence-electron chi connectivity index (χ0n) is 10.3. The number of carbonyl (C=O) groups is 1. The van der Waals surface area contributed by atoms with Crippen LogP contribution < -0.4 is 5.32 Å². The fourth-order valence-corrected chi connectivity index (χ4v) is 1.98. The molecule has 0 bridgehead atoms. The average Bonchev–Trinajstić information content (AvgIpc) is 2.43. The Labute approximate surface area is 125 Å². The Kier molecular flexibility index (Phi) is 4.76. The molecule has 0 saturated carbocycles. The summed E-state index contributed by atoms with van der Waals surface area (Å²) in [6.07, 6.45) is 0.650. The Bertz CT molecular complexity index is 635. The molecule has 0 amide bonds. The molecular weight excluding hydrogens is 301 g/mol. The van der Waals surface area contributed by atoms with Gasteiger partial charge in [0.1, 0.15) is 0 Å². The normalized spacial score (nSPS) is 10.3. The van der Waals surface area contributed by atoms with E-state index in [-0.39, 0.29) is 15.9 Å². The zero-order chi connectivity index (χ0) is 14.5. The Balaban J connectivity index is 1.97. The van der Waals surface area contributed by atoms with Gasteiger partial charge in [-0.1, -0.05) is 35.3 Å². The smallest absolute Gasteiger partial charge is 0.335 e. The first-order chi connectivity index (χ1) is 9.56. The lowest BCUT2D eigenvalue weighted by molar-refractivity contribution is 0.0697. The number of benzene rings is 1. The quantitative estimate of drug-likeness (QED) is 0.887. The van der Waals surface area contributed by atoms with Crippen LogP contribution in [0.3, 0.4) is 0 Å². The molecule has 2 rings (SSSR count). The van der Waals surface area contributed by atoms with Crippen molar-refractivity contribution in [1.82, 2.24) is 10.2 Å². The lowest BCUT2D eigenvalue weighted by atomic mass is 10.1. The molecule has 0 spiro atoms. The van der Waals surface area contributed by atoms with Crippen molar-refractivity contribution in [2.75, 3.05) is 11.9 Å². The van der Waals surface area contributed by atoms with Crippen LogP contribution in [0.5, 0.6) is 0 Å². The summed E-state index contributed by atoms with van der Waals surface area (Å²) in [6, 6.07) is 8.38. The van der Waals surface area contributed by atoms with Crippen LogP contribution in [0.2, 0.25) is 10.3 Å². The Morgan fingerprint density at radius 2 is 2.05 bits per heavy atom. The van der Waals surface area contributed by atoms with E-state index in [9.17, 15) is 4.79 Å². The van der Waals surface area contributed by atoms with Gasteiger partial charge in [-0.15, -0.1) is 10.2 Å². The average molecular weight is 312 g/mol. The standard InChI is InChI=1S/C13H11Cl2N3O2/c14-11-7-10(12(15)18-17-11)16-5-4-8-2-1-3-9(6-8)13(19)20/h1-3,6-7H,4-5H2,(H,16,17)(H,19,20). The van der Waals surface area contributed by atoms with Crippen molar-refractivity contribution in [3.8, 4) is 0 Å². The van der Waals surface area contributed by atoms with Gasteiger partial charge in [0, 0.05) is 12.6 Å². The fraction of sp³-hybridized carbons (Fsp3) is 0.154. The largest absolute Gasteiger partial charge is 0.478 e. The molecule has 0 aliphatic heterocycles. The van der Waals surface area contributed by atoms with Gasteiger partial charge in [-0.05, 0) is 24.1 Å². The van der Waals surface area contributed by atoms with E-state index in [0.29, 0.717) is 18.7 Å². The SMILES string of the molecule is O=C(O)c1cccc(CCNc2cc(Cl)nnc2Cl)c1. The van der Waals surface area contributed by atoms with E-state index in [1.165, 1.54) is 0 Å². The number of hydrogen-bond donors (Lipinski definition) is 2. The molecule has 2 aromatic rings. The summed E-state index contributed by atoms with van der Waals surface area (Å²) < 4.78 is 0. The monoisotopic (exact) mass is 311 g/mol. The number of nitrogens with zero attached hydrogens (tertiary/aromatic N) is 2. The molecule has 1 aromatic carbocycles. The van der Waals surface area contributed by atoms with Gasteiger partial charge in [0.25, 0.3) is 0 Å². The maximum absolute atomic E-state index is 10.9. The zero-order valence-corrected chi connectivity index (χ0v) is 11.8. The van der Waals surface area contributed by atoms with E-state index < -0.39 is 5.97 Å². The number of halogens is 2. The van der Waals surface area contributed by atoms with E-state index in [1.807, 2.05) is 6.07 Å². The van der Waals surface area contributed by atoms with Gasteiger partial charge in [0.2, 0.25) is 0 Å². The third-order valence-electron chi connectivity index (χ3n) is 2.62. The minimum atomic E-state index is -0.937. The van der Waals surface area contributed by atoms with Crippen molar-refractivity contribution in [1.29, 1.82) is 0 Å². The van der Waals surface area contributed by atoms with Crippen LogP contribution >= 0.6 is 23.2 Å². The first kappa shape index (κ1) is 14.6. The second-order valence-electron chi connectivity index (χ2n) is 4.05. The van der Waals surface area contributed by atoms with Gasteiger partial charge >= 0.3 is 5.97 Å². The van der Waals surface area contributed by atoms with Crippen LogP contribution in [0.4, 0.5) is 5.69 Å². The van der Waals surface area contributed by atoms with E-state index in [1.54, 1.807) is 24.3 Å². The molecule has 2 N–H and O–H groups in total. The summed E-state index contributed by atoms with van der Waals surface area (Å²) in [4.78, 5) is 10.9. The third kappa shape index (κ3) is 3.82. The van der Waals surface area contributed by atoms with E-state index in [2.05, 4.69) is 15.5 Å². The lowest BCUT2D eigenvalue weighted by Gasteiger charge is -2.08. The molecule has 0 saturated heterocycles. The van der Waals surface area contributed by atoms with Crippen LogP contribution in [-0.4, -0.2) is 27.8 Å². The lowest BCUT2D eigenvalue weighted by Crippen LogP contribution is -2.07. The number of nitrogens with one attached hydrogen (secondary N) is 1. The van der Waals surface area contributed by atoms with Crippen molar-refractivity contribution in [3.63, 3.8) is 0 Å². The summed E-state index contributed by atoms with van der Waals surface area (Å²) in [5, 5.41) is 19.8. The van der Waals surface area contributed by atoms with Crippen molar-refractivity contribution in [2.24, 2.45) is 0 Å². The molecule has 1 aromatic heterocycles. The number of aromatic carboxylic acids is 1. The van der Waals surface area contributed by atoms with Gasteiger partial charge in [-0.2, -0.15) is 0 Å². The van der Waals surface area contributed by atoms with Crippen molar-refractivity contribution < 1.29 is 9.90 Å². The van der Waals surface area contributed by atoms with Crippen molar-refractivity contribution >= 4 is 34.9 Å². The van der Waals surface area contributed by atoms with Crippen molar-refractivity contribution in [3.05, 3.63) is 51.8 Å². The Hall–Kier alpha value is -1.85. The summed E-state index contributed by atoms with van der Waals surface area (Å²) in [7, 11) is 0. The summed E-state index contributed by atoms with van der Waals surface area (Å²) in [5.41, 5.74) is 1.79. The molecule has 7 heteroatoms. The van der Waals surface area contributed by atoms with Crippen LogP contribution in [-0.2, 0) is 6.42 Å². The number of carboxylic acids is 1. The number of aromatic nitrogens is 2. The highest BCUT2D eigenvalue weighted by Gasteiger charge is 2.05. The molecule has 20 heavy (non-hydrogen) atoms. The first-order valence-electron chi connectivity index (χ1n) is 5.81. The second-order valence-corrected chi connectivity index (χ2v) is 4.80. The van der Waals surface area contributed by atoms with Gasteiger partial charge in [0.05, 0.1) is 11.3 Å². The van der Waals surface area contributed by atoms with Gasteiger partial charge in [-0.25, -0.2) is 4.79 Å². The van der Waals surface area contributed by atoms with Crippen LogP contribution in [0, 0.1) is 0 Å². The van der Waals surface area contributed by atoms with E-state index >= 15 is 0 Å². The molecule has 0 atom stereocenters. The van der Waals surface area contributed by atoms with E-state index in [4.69, 9.17) is 28.3 Å². The minimum absolute atomic E-state index is 0.244. The highest BCUT2D eigenvalue weighted by Crippen LogP contribution is 2.20. The van der Waals surface area contributed by atoms with Crippen LogP contribution in [0.1, 0.15) is 15.9 Å². The molecule has 5 nitrogen and oxygen atoms in total. The van der Waals surface area contributed by atoms with Gasteiger partial charge in [0.15, 0.2) is 10.3 Å². The fourth-order valence-electron chi connectivity index (χ4n) is 1.68. The molecule has 0 radical (unpaired) electrons. The van der Waals surface area contributed by atoms with Gasteiger partial charge in [-0.3, -0.25) is 0 Å². The summed E-state index contributed by atoms with van der Waals surface area (Å²) in [6.45, 7) is 0.574. The molecule has 1 heterocycles. The molecule has 0 aliphatic carbocycles. The van der Waals surface area contributed by atoms with Crippen molar-refractivity contribution in [2.45, 2.75) is 6.42 Å². The minimum Gasteiger partial charge on any atom is -0.478 e. The Morgan fingerprint density at radius 3 is 2.80 bits per heavy atom. The predicted molar refractivity (Wildman–Crippen MR) is 77.6 cm³/mol. The first-order valence-corrected chi connectivity index (χ1v) is 6.56. The Morgan fingerprint density at radius 1 is 1.25 bits per heavy atom. The third-order valence-corrected chi connectivity index (χ3v) is 3.09. The number of hydrogen-bond acceptors (Lipinski definition) is 4. The molecule has 104 valence electrons. The second kappa shape index (κ2) is 6.54. The molecule has 0 aliphatic rings. The van der Waals surface area contributed by atoms with Crippen LogP contribution in [0.25, 0.3) is 0 Å². The highest BCUT2D eigenvalue weighted by molar-refractivity contribution is 6.33. The number of rotatable bonds is 5. The number of carboxylic acid groups (broad SMARTS) is 1. The van der Waals surface area contributed by atoms with Gasteiger partial charge < -0.3 is 10.4 Å². The van der Waals surface area contributed by atoms with E-state index in [0.717, 1.165) is 5.56 Å². The topological polar surface area (TPSA) is 75.1 Å². The molecular formula is C13H11Cl2N3O2.